The van der Waals surface area contributed by atoms with E-state index in [0.29, 0.717) is 12.1 Å². The first-order chi connectivity index (χ1) is 9.88. The fraction of sp³-hybridized carbons (Fsp3) is 0. The molecule has 0 aliphatic heterocycles. The summed E-state index contributed by atoms with van der Waals surface area (Å²) in [5, 5.41) is 16.6. The van der Waals surface area contributed by atoms with Gasteiger partial charge >= 0.3 is 5.97 Å². The van der Waals surface area contributed by atoms with Crippen molar-refractivity contribution in [3.8, 4) is 0 Å². The number of rotatable bonds is 3. The number of nitrogens with zero attached hydrogens (tertiary/aromatic N) is 1. The highest BCUT2D eigenvalue weighted by Crippen LogP contribution is 2.16. The van der Waals surface area contributed by atoms with Crippen molar-refractivity contribution < 1.29 is 23.5 Å². The molecule has 7 nitrogen and oxygen atoms in total. The van der Waals surface area contributed by atoms with E-state index in [-0.39, 0.29) is 5.82 Å². The number of amides is 1. The third-order valence-electron chi connectivity index (χ3n) is 2.46. The summed E-state index contributed by atoms with van der Waals surface area (Å²) in [6.07, 6.45) is 0. The highest BCUT2D eigenvalue weighted by Gasteiger charge is 2.20. The standard InChI is InChI=1S/C12H7F2N3O4/c13-7-3-5(6(12(20)21)4-8(7)14)11(19)15-9-1-2-10(18)17-16-9/h1-4H,(H,17,18)(H,20,21)(H,15,16,19). The summed E-state index contributed by atoms with van der Waals surface area (Å²) in [5.41, 5.74) is -1.78. The highest BCUT2D eigenvalue weighted by molar-refractivity contribution is 6.10. The average molecular weight is 295 g/mol. The molecule has 0 fully saturated rings. The van der Waals surface area contributed by atoms with Gasteiger partial charge in [0.1, 0.15) is 0 Å². The molecule has 0 spiro atoms. The highest BCUT2D eigenvalue weighted by atomic mass is 19.2. The van der Waals surface area contributed by atoms with Crippen LogP contribution in [-0.4, -0.2) is 27.2 Å². The van der Waals surface area contributed by atoms with E-state index in [9.17, 15) is 23.2 Å². The van der Waals surface area contributed by atoms with E-state index < -0.39 is 40.2 Å². The molecule has 21 heavy (non-hydrogen) atoms. The molecule has 1 aromatic carbocycles. The first kappa shape index (κ1) is 14.3. The molecule has 1 heterocycles. The van der Waals surface area contributed by atoms with E-state index in [1.54, 1.807) is 0 Å². The number of carboxylic acids is 1. The van der Waals surface area contributed by atoms with Gasteiger partial charge in [0.15, 0.2) is 17.5 Å². The number of nitrogens with one attached hydrogen (secondary N) is 2. The number of H-pyrrole nitrogens is 1. The lowest BCUT2D eigenvalue weighted by Crippen LogP contribution is -2.19. The van der Waals surface area contributed by atoms with Crippen molar-refractivity contribution in [1.82, 2.24) is 10.2 Å². The average Bonchev–Trinajstić information content (AvgIpc) is 2.43. The molecule has 108 valence electrons. The number of hydrogen-bond donors (Lipinski definition) is 3. The van der Waals surface area contributed by atoms with Gasteiger partial charge in [-0.2, -0.15) is 5.10 Å². The molecule has 0 saturated heterocycles. The third kappa shape index (κ3) is 3.08. The second-order valence-corrected chi connectivity index (χ2v) is 3.88. The Balaban J connectivity index is 2.38. The lowest BCUT2D eigenvalue weighted by molar-refractivity contribution is 0.0691. The van der Waals surface area contributed by atoms with E-state index in [1.807, 2.05) is 5.10 Å². The molecule has 0 radical (unpaired) electrons. The van der Waals surface area contributed by atoms with Gasteiger partial charge in [0.05, 0.1) is 11.1 Å². The molecular weight excluding hydrogens is 288 g/mol. The minimum Gasteiger partial charge on any atom is -0.478 e. The summed E-state index contributed by atoms with van der Waals surface area (Å²) in [4.78, 5) is 33.7. The Morgan fingerprint density at radius 3 is 2.29 bits per heavy atom. The van der Waals surface area contributed by atoms with Crippen LogP contribution >= 0.6 is 0 Å². The lowest BCUT2D eigenvalue weighted by atomic mass is 10.1. The number of aromatic amines is 1. The van der Waals surface area contributed by atoms with Crippen LogP contribution in [-0.2, 0) is 0 Å². The van der Waals surface area contributed by atoms with Gasteiger partial charge in [-0.1, -0.05) is 0 Å². The molecule has 1 amide bonds. The monoisotopic (exact) mass is 295 g/mol. The van der Waals surface area contributed by atoms with Crippen molar-refractivity contribution in [3.05, 3.63) is 57.4 Å². The van der Waals surface area contributed by atoms with Gasteiger partial charge in [-0.15, -0.1) is 0 Å². The molecule has 0 saturated carbocycles. The molecule has 0 aliphatic rings. The summed E-state index contributed by atoms with van der Waals surface area (Å²) in [6.45, 7) is 0. The first-order valence-electron chi connectivity index (χ1n) is 5.48. The molecule has 0 aliphatic carbocycles. The molecule has 0 atom stereocenters. The van der Waals surface area contributed by atoms with Gasteiger partial charge in [0.25, 0.3) is 11.5 Å². The number of hydrogen-bond acceptors (Lipinski definition) is 4. The van der Waals surface area contributed by atoms with Gasteiger partial charge in [0, 0.05) is 6.07 Å². The number of aromatic nitrogens is 2. The number of benzene rings is 1. The summed E-state index contributed by atoms with van der Waals surface area (Å²) >= 11 is 0. The predicted octanol–water partition coefficient (Wildman–Crippen LogP) is 0.999. The van der Waals surface area contributed by atoms with Crippen LogP contribution < -0.4 is 10.9 Å². The SMILES string of the molecule is O=C(O)c1cc(F)c(F)cc1C(=O)Nc1ccc(=O)[nH]n1. The molecule has 3 N–H and O–H groups in total. The van der Waals surface area contributed by atoms with Crippen molar-refractivity contribution in [2.75, 3.05) is 5.32 Å². The number of aromatic carboxylic acids is 1. The van der Waals surface area contributed by atoms with E-state index >= 15 is 0 Å². The third-order valence-corrected chi connectivity index (χ3v) is 2.46. The van der Waals surface area contributed by atoms with Gasteiger partial charge in [0.2, 0.25) is 0 Å². The predicted molar refractivity (Wildman–Crippen MR) is 66.1 cm³/mol. The van der Waals surface area contributed by atoms with Crippen molar-refractivity contribution in [1.29, 1.82) is 0 Å². The minimum absolute atomic E-state index is 0.0827. The number of carbonyl (C=O) groups excluding carboxylic acids is 1. The molecule has 1 aromatic heterocycles. The van der Waals surface area contributed by atoms with Crippen molar-refractivity contribution >= 4 is 17.7 Å². The maximum absolute atomic E-state index is 13.2. The van der Waals surface area contributed by atoms with Crippen LogP contribution in [0.1, 0.15) is 20.7 Å². The Morgan fingerprint density at radius 1 is 1.14 bits per heavy atom. The summed E-state index contributed by atoms with van der Waals surface area (Å²) < 4.78 is 26.2. The van der Waals surface area contributed by atoms with E-state index in [4.69, 9.17) is 5.11 Å². The molecule has 0 bridgehead atoms. The number of anilines is 1. The summed E-state index contributed by atoms with van der Waals surface area (Å²) in [6, 6.07) is 3.12. The maximum atomic E-state index is 13.2. The van der Waals surface area contributed by atoms with E-state index in [0.717, 1.165) is 12.1 Å². The topological polar surface area (TPSA) is 112 Å². The Bertz CT molecular complexity index is 768. The first-order valence-corrected chi connectivity index (χ1v) is 5.48. The summed E-state index contributed by atoms with van der Waals surface area (Å²) in [7, 11) is 0. The van der Waals surface area contributed by atoms with Crippen molar-refractivity contribution in [2.24, 2.45) is 0 Å². The van der Waals surface area contributed by atoms with Gasteiger partial charge in [-0.25, -0.2) is 18.7 Å². The number of carboxylic acid groups (broad SMARTS) is 1. The zero-order valence-electron chi connectivity index (χ0n) is 10.2. The molecule has 2 aromatic rings. The van der Waals surface area contributed by atoms with Crippen LogP contribution in [0.5, 0.6) is 0 Å². The normalized spacial score (nSPS) is 10.2. The maximum Gasteiger partial charge on any atom is 0.336 e. The summed E-state index contributed by atoms with van der Waals surface area (Å²) in [5.74, 6) is -5.43. The zero-order valence-corrected chi connectivity index (χ0v) is 10.2. The Kier molecular flexibility index (Phi) is 3.74. The van der Waals surface area contributed by atoms with Crippen LogP contribution in [0.3, 0.4) is 0 Å². The molecule has 2 rings (SSSR count). The Hall–Kier alpha value is -3.10. The second-order valence-electron chi connectivity index (χ2n) is 3.88. The van der Waals surface area contributed by atoms with Crippen LogP contribution in [0, 0.1) is 11.6 Å². The van der Waals surface area contributed by atoms with E-state index in [2.05, 4.69) is 10.4 Å². The van der Waals surface area contributed by atoms with Crippen LogP contribution in [0.4, 0.5) is 14.6 Å². The van der Waals surface area contributed by atoms with Crippen LogP contribution in [0.2, 0.25) is 0 Å². The van der Waals surface area contributed by atoms with Crippen molar-refractivity contribution in [3.63, 3.8) is 0 Å². The minimum atomic E-state index is -1.59. The fourth-order valence-corrected chi connectivity index (χ4v) is 1.51. The van der Waals surface area contributed by atoms with Crippen LogP contribution in [0.25, 0.3) is 0 Å². The van der Waals surface area contributed by atoms with Crippen LogP contribution in [0.15, 0.2) is 29.1 Å². The van der Waals surface area contributed by atoms with Gasteiger partial charge in [-0.3, -0.25) is 9.59 Å². The Morgan fingerprint density at radius 2 is 1.76 bits per heavy atom. The number of halogens is 2. The zero-order chi connectivity index (χ0) is 15.6. The molecule has 0 unspecified atom stereocenters. The smallest absolute Gasteiger partial charge is 0.336 e. The second kappa shape index (κ2) is 5.49. The van der Waals surface area contributed by atoms with Crippen molar-refractivity contribution in [2.45, 2.75) is 0 Å². The fourth-order valence-electron chi connectivity index (χ4n) is 1.51. The van der Waals surface area contributed by atoms with Gasteiger partial charge < -0.3 is 10.4 Å². The molecular formula is C12H7F2N3O4. The van der Waals surface area contributed by atoms with E-state index in [1.165, 1.54) is 0 Å². The molecule has 9 heteroatoms. The largest absolute Gasteiger partial charge is 0.478 e. The Labute approximate surface area is 115 Å². The quantitative estimate of drug-likeness (QED) is 0.782. The van der Waals surface area contributed by atoms with Gasteiger partial charge in [-0.05, 0) is 18.2 Å². The number of carbonyl (C=O) groups is 2. The lowest BCUT2D eigenvalue weighted by Gasteiger charge is -2.07.